The van der Waals surface area contributed by atoms with Crippen LogP contribution in [0.25, 0.3) is 37.2 Å². The third kappa shape index (κ3) is 1.89. The molecule has 2 aliphatic rings. The van der Waals surface area contributed by atoms with Gasteiger partial charge in [0, 0.05) is 55.7 Å². The molecule has 2 heteroatoms. The molecular formula is C28H23NS. The third-order valence-corrected chi connectivity index (χ3v) is 8.84. The van der Waals surface area contributed by atoms with E-state index in [1.165, 1.54) is 47.9 Å². The number of rotatable bonds is 0. The summed E-state index contributed by atoms with van der Waals surface area (Å²) in [6.45, 7) is 4.88. The summed E-state index contributed by atoms with van der Waals surface area (Å²) < 4.78 is 5.20. The van der Waals surface area contributed by atoms with Gasteiger partial charge in [-0.1, -0.05) is 62.4 Å². The molecule has 2 heterocycles. The molecule has 30 heavy (non-hydrogen) atoms. The second-order valence-electron chi connectivity index (χ2n) is 9.49. The second kappa shape index (κ2) is 5.44. The van der Waals surface area contributed by atoms with E-state index in [9.17, 15) is 0 Å². The molecule has 146 valence electrons. The quantitative estimate of drug-likeness (QED) is 0.248. The summed E-state index contributed by atoms with van der Waals surface area (Å²) >= 11 is 1.92. The Morgan fingerprint density at radius 1 is 0.867 bits per heavy atom. The van der Waals surface area contributed by atoms with Crippen LogP contribution in [0.4, 0.5) is 0 Å². The highest BCUT2D eigenvalue weighted by Crippen LogP contribution is 2.60. The zero-order valence-electron chi connectivity index (χ0n) is 17.4. The molecule has 0 aliphatic heterocycles. The van der Waals surface area contributed by atoms with E-state index in [0.717, 1.165) is 0 Å². The van der Waals surface area contributed by atoms with Crippen LogP contribution in [0.15, 0.2) is 66.7 Å². The van der Waals surface area contributed by atoms with Gasteiger partial charge in [-0.15, -0.1) is 11.3 Å². The lowest BCUT2D eigenvalue weighted by molar-refractivity contribution is 0.425. The van der Waals surface area contributed by atoms with E-state index in [1.807, 2.05) is 11.3 Å². The SMILES string of the molecule is Cn1c2c(c3cc4sc5ccccc5c4cc31)C1C(C=C2)c2ccccc2C1(C)C. The molecule has 2 aliphatic carbocycles. The normalized spacial score (nSPS) is 21.3. The summed E-state index contributed by atoms with van der Waals surface area (Å²) in [7, 11) is 2.24. The number of fused-ring (bicyclic) bond motifs is 10. The molecule has 0 bridgehead atoms. The molecule has 2 aromatic heterocycles. The Morgan fingerprint density at radius 2 is 1.67 bits per heavy atom. The highest BCUT2D eigenvalue weighted by molar-refractivity contribution is 7.25. The Hall–Kier alpha value is -2.84. The van der Waals surface area contributed by atoms with Crippen molar-refractivity contribution in [2.75, 3.05) is 0 Å². The zero-order valence-corrected chi connectivity index (χ0v) is 18.3. The van der Waals surface area contributed by atoms with Crippen LogP contribution < -0.4 is 0 Å². The number of allylic oxidation sites excluding steroid dienone is 1. The van der Waals surface area contributed by atoms with E-state index >= 15 is 0 Å². The maximum atomic E-state index is 2.48. The first-order chi connectivity index (χ1) is 14.6. The average molecular weight is 406 g/mol. The van der Waals surface area contributed by atoms with Crippen molar-refractivity contribution in [3.05, 3.63) is 89.1 Å². The molecule has 2 unspecified atom stereocenters. The Kier molecular flexibility index (Phi) is 3.07. The predicted molar refractivity (Wildman–Crippen MR) is 130 cm³/mol. The molecule has 5 aromatic rings. The van der Waals surface area contributed by atoms with E-state index in [2.05, 4.69) is 98.3 Å². The summed E-state index contributed by atoms with van der Waals surface area (Å²) in [4.78, 5) is 0. The number of aromatic nitrogens is 1. The van der Waals surface area contributed by atoms with E-state index in [0.29, 0.717) is 11.8 Å². The summed E-state index contributed by atoms with van der Waals surface area (Å²) in [6, 6.07) is 22.8. The van der Waals surface area contributed by atoms with Crippen molar-refractivity contribution in [2.24, 2.45) is 7.05 Å². The van der Waals surface area contributed by atoms with Crippen molar-refractivity contribution in [3.8, 4) is 0 Å². The van der Waals surface area contributed by atoms with Gasteiger partial charge in [0.05, 0.1) is 0 Å². The molecule has 0 N–H and O–H groups in total. The van der Waals surface area contributed by atoms with Gasteiger partial charge in [-0.25, -0.2) is 0 Å². The van der Waals surface area contributed by atoms with Crippen LogP contribution in [0.2, 0.25) is 0 Å². The topological polar surface area (TPSA) is 4.93 Å². The summed E-state index contributed by atoms with van der Waals surface area (Å²) in [5.74, 6) is 0.942. The number of nitrogens with zero attached hydrogens (tertiary/aromatic N) is 1. The second-order valence-corrected chi connectivity index (χ2v) is 10.6. The number of thiophene rings is 1. The molecule has 0 radical (unpaired) electrons. The van der Waals surface area contributed by atoms with Gasteiger partial charge in [0.2, 0.25) is 0 Å². The van der Waals surface area contributed by atoms with E-state index in [1.54, 1.807) is 5.56 Å². The number of aryl methyl sites for hydroxylation is 1. The molecular weight excluding hydrogens is 382 g/mol. The standard InChI is InChI=1S/C28H23NS/c1-28(2)21-10-6-4-8-16(21)18-12-13-22-26(27(18)28)20-15-25-19(14-23(20)29(22)3)17-9-5-7-11-24(17)30-25/h4-15,18,27H,1-3H3. The Bertz CT molecular complexity index is 1540. The van der Waals surface area contributed by atoms with Crippen LogP contribution >= 0.6 is 11.3 Å². The Morgan fingerprint density at radius 3 is 2.57 bits per heavy atom. The van der Waals surface area contributed by atoms with Gasteiger partial charge in [0.1, 0.15) is 0 Å². The Labute approximate surface area is 180 Å². The average Bonchev–Trinajstić information content (AvgIpc) is 3.34. The lowest BCUT2D eigenvalue weighted by Gasteiger charge is -2.33. The maximum absolute atomic E-state index is 2.48. The first-order valence-electron chi connectivity index (χ1n) is 10.8. The van der Waals surface area contributed by atoms with Gasteiger partial charge < -0.3 is 4.57 Å². The molecule has 0 amide bonds. The number of benzene rings is 3. The van der Waals surface area contributed by atoms with Crippen LogP contribution in [0.3, 0.4) is 0 Å². The molecule has 3 aromatic carbocycles. The Balaban J connectivity index is 1.58. The van der Waals surface area contributed by atoms with Gasteiger partial charge in [-0.05, 0) is 46.4 Å². The molecule has 0 spiro atoms. The molecule has 0 saturated heterocycles. The summed E-state index contributed by atoms with van der Waals surface area (Å²) in [6.07, 6.45) is 4.83. The van der Waals surface area contributed by atoms with E-state index in [-0.39, 0.29) is 5.41 Å². The largest absolute Gasteiger partial charge is 0.344 e. The minimum Gasteiger partial charge on any atom is -0.344 e. The van der Waals surface area contributed by atoms with E-state index < -0.39 is 0 Å². The smallest absolute Gasteiger partial charge is 0.0492 e. The van der Waals surface area contributed by atoms with Crippen LogP contribution in [0.5, 0.6) is 0 Å². The highest BCUT2D eigenvalue weighted by Gasteiger charge is 2.48. The van der Waals surface area contributed by atoms with Crippen molar-refractivity contribution in [1.82, 2.24) is 4.57 Å². The molecule has 2 atom stereocenters. The molecule has 0 saturated carbocycles. The minimum atomic E-state index is 0.115. The first kappa shape index (κ1) is 16.9. The van der Waals surface area contributed by atoms with Crippen molar-refractivity contribution in [1.29, 1.82) is 0 Å². The fourth-order valence-corrected chi connectivity index (χ4v) is 7.48. The van der Waals surface area contributed by atoms with Gasteiger partial charge in [0.15, 0.2) is 0 Å². The summed E-state index contributed by atoms with van der Waals surface area (Å²) in [5.41, 5.74) is 7.42. The minimum absolute atomic E-state index is 0.115. The lowest BCUT2D eigenvalue weighted by Crippen LogP contribution is -2.25. The fraction of sp³-hybridized carbons (Fsp3) is 0.214. The third-order valence-electron chi connectivity index (χ3n) is 7.71. The molecule has 7 rings (SSSR count). The van der Waals surface area contributed by atoms with Gasteiger partial charge in [-0.3, -0.25) is 0 Å². The highest BCUT2D eigenvalue weighted by atomic mass is 32.1. The lowest BCUT2D eigenvalue weighted by atomic mass is 9.69. The maximum Gasteiger partial charge on any atom is 0.0492 e. The van der Waals surface area contributed by atoms with Gasteiger partial charge in [-0.2, -0.15) is 0 Å². The van der Waals surface area contributed by atoms with E-state index in [4.69, 9.17) is 0 Å². The van der Waals surface area contributed by atoms with Crippen molar-refractivity contribution < 1.29 is 0 Å². The molecule has 1 nitrogen and oxygen atoms in total. The van der Waals surface area contributed by atoms with Crippen LogP contribution in [-0.2, 0) is 12.5 Å². The van der Waals surface area contributed by atoms with Crippen molar-refractivity contribution in [3.63, 3.8) is 0 Å². The number of hydrogen-bond donors (Lipinski definition) is 0. The number of hydrogen-bond acceptors (Lipinski definition) is 1. The van der Waals surface area contributed by atoms with Crippen LogP contribution in [0, 0.1) is 0 Å². The van der Waals surface area contributed by atoms with Crippen LogP contribution in [0.1, 0.15) is 48.1 Å². The predicted octanol–water partition coefficient (Wildman–Crippen LogP) is 7.73. The van der Waals surface area contributed by atoms with Crippen molar-refractivity contribution >= 4 is 48.5 Å². The van der Waals surface area contributed by atoms with Gasteiger partial charge in [0.25, 0.3) is 0 Å². The fourth-order valence-electron chi connectivity index (χ4n) is 6.35. The zero-order chi connectivity index (χ0) is 20.2. The molecule has 0 fully saturated rings. The summed E-state index contributed by atoms with van der Waals surface area (Å²) in [5, 5.41) is 4.20. The first-order valence-corrected chi connectivity index (χ1v) is 11.6. The van der Waals surface area contributed by atoms with Crippen LogP contribution in [-0.4, -0.2) is 4.57 Å². The van der Waals surface area contributed by atoms with Gasteiger partial charge >= 0.3 is 0 Å². The monoisotopic (exact) mass is 405 g/mol. The van der Waals surface area contributed by atoms with Crippen molar-refractivity contribution in [2.45, 2.75) is 31.1 Å².